The highest BCUT2D eigenvalue weighted by Crippen LogP contribution is 2.29. The Morgan fingerprint density at radius 3 is 2.65 bits per heavy atom. The van der Waals surface area contributed by atoms with E-state index in [2.05, 4.69) is 5.32 Å². The van der Waals surface area contributed by atoms with Gasteiger partial charge in [0.25, 0.3) is 5.91 Å². The summed E-state index contributed by atoms with van der Waals surface area (Å²) in [4.78, 5) is 37.9. The van der Waals surface area contributed by atoms with Crippen LogP contribution in [0.25, 0.3) is 11.1 Å². The number of hydrogen-bond acceptors (Lipinski definition) is 5. The average molecular weight is 372 g/mol. The van der Waals surface area contributed by atoms with Crippen molar-refractivity contribution >= 4 is 29.1 Å². The topological polar surface area (TPSA) is 75.7 Å². The number of methoxy groups -OCH3 is 1. The smallest absolute Gasteiger partial charge is 0.348 e. The molecule has 1 N–H and O–H groups in total. The number of carbonyl (C=O) groups is 3. The van der Waals surface area contributed by atoms with E-state index in [1.807, 2.05) is 23.6 Å². The van der Waals surface area contributed by atoms with Crippen molar-refractivity contribution in [2.24, 2.45) is 0 Å². The molecule has 0 radical (unpaired) electrons. The highest BCUT2D eigenvalue weighted by molar-refractivity contribution is 7.12. The van der Waals surface area contributed by atoms with E-state index in [0.29, 0.717) is 30.0 Å². The van der Waals surface area contributed by atoms with Crippen LogP contribution >= 0.6 is 11.3 Å². The Labute approximate surface area is 155 Å². The molecule has 1 aliphatic heterocycles. The average Bonchev–Trinajstić information content (AvgIpc) is 3.30. The van der Waals surface area contributed by atoms with E-state index in [1.54, 1.807) is 17.0 Å². The van der Waals surface area contributed by atoms with Crippen LogP contribution in [0.2, 0.25) is 0 Å². The second kappa shape index (κ2) is 8.14. The molecule has 1 fully saturated rings. The third-order valence-corrected chi connectivity index (χ3v) is 5.23. The molecule has 0 saturated carbocycles. The molecule has 26 heavy (non-hydrogen) atoms. The van der Waals surface area contributed by atoms with Gasteiger partial charge in [-0.1, -0.05) is 12.1 Å². The summed E-state index contributed by atoms with van der Waals surface area (Å²) in [7, 11) is 1.36. The molecule has 0 aliphatic carbocycles. The number of thiophene rings is 1. The Morgan fingerprint density at radius 2 is 2.00 bits per heavy atom. The van der Waals surface area contributed by atoms with E-state index in [4.69, 9.17) is 4.74 Å². The Balaban J connectivity index is 1.60. The van der Waals surface area contributed by atoms with Crippen molar-refractivity contribution in [1.82, 2.24) is 10.2 Å². The lowest BCUT2D eigenvalue weighted by Gasteiger charge is -2.15. The fourth-order valence-corrected chi connectivity index (χ4v) is 3.77. The molecule has 136 valence electrons. The molecule has 3 rings (SSSR count). The maximum Gasteiger partial charge on any atom is 0.348 e. The Bertz CT molecular complexity index is 813. The number of rotatable bonds is 6. The van der Waals surface area contributed by atoms with Gasteiger partial charge in [0.05, 0.1) is 7.11 Å². The standard InChI is InChI=1S/C19H20N2O4S/c1-25-19(24)17-15(8-12-26-17)13-4-6-14(7-5-13)18(23)20-9-11-21-10-2-3-16(21)22/h4-8,12H,2-3,9-11H2,1H3,(H,20,23). The number of nitrogens with zero attached hydrogens (tertiary/aromatic N) is 1. The lowest BCUT2D eigenvalue weighted by Crippen LogP contribution is -2.35. The molecule has 0 atom stereocenters. The van der Waals surface area contributed by atoms with Crippen molar-refractivity contribution in [3.05, 3.63) is 46.2 Å². The summed E-state index contributed by atoms with van der Waals surface area (Å²) in [6.45, 7) is 1.75. The number of ether oxygens (including phenoxy) is 1. The first kappa shape index (κ1) is 18.1. The van der Waals surface area contributed by atoms with E-state index in [1.165, 1.54) is 18.4 Å². The van der Waals surface area contributed by atoms with Crippen LogP contribution in [-0.4, -0.2) is 49.4 Å². The molecule has 2 heterocycles. The third kappa shape index (κ3) is 3.94. The Hall–Kier alpha value is -2.67. The first-order valence-electron chi connectivity index (χ1n) is 8.42. The van der Waals surface area contributed by atoms with Gasteiger partial charge in [0, 0.05) is 37.2 Å². The maximum absolute atomic E-state index is 12.2. The van der Waals surface area contributed by atoms with Gasteiger partial charge in [0.2, 0.25) is 5.91 Å². The fraction of sp³-hybridized carbons (Fsp3) is 0.316. The van der Waals surface area contributed by atoms with Gasteiger partial charge < -0.3 is 15.0 Å². The van der Waals surface area contributed by atoms with Crippen molar-refractivity contribution in [3.63, 3.8) is 0 Å². The summed E-state index contributed by atoms with van der Waals surface area (Å²) in [6, 6.07) is 8.94. The van der Waals surface area contributed by atoms with E-state index < -0.39 is 0 Å². The zero-order chi connectivity index (χ0) is 18.5. The van der Waals surface area contributed by atoms with Crippen LogP contribution in [-0.2, 0) is 9.53 Å². The van der Waals surface area contributed by atoms with Crippen molar-refractivity contribution in [2.75, 3.05) is 26.7 Å². The summed E-state index contributed by atoms with van der Waals surface area (Å²) in [5, 5.41) is 4.67. The van der Waals surface area contributed by atoms with Crippen molar-refractivity contribution < 1.29 is 19.1 Å². The molecule has 1 aliphatic rings. The Kier molecular flexibility index (Phi) is 5.68. The molecule has 7 heteroatoms. The molecule has 0 spiro atoms. The summed E-state index contributed by atoms with van der Waals surface area (Å²) < 4.78 is 4.79. The van der Waals surface area contributed by atoms with Gasteiger partial charge in [0.1, 0.15) is 4.88 Å². The molecular formula is C19H20N2O4S. The minimum Gasteiger partial charge on any atom is -0.465 e. The molecule has 1 aromatic carbocycles. The predicted octanol–water partition coefficient (Wildman–Crippen LogP) is 2.55. The minimum absolute atomic E-state index is 0.153. The summed E-state index contributed by atoms with van der Waals surface area (Å²) in [6.07, 6.45) is 1.50. The quantitative estimate of drug-likeness (QED) is 0.791. The number of benzene rings is 1. The zero-order valence-corrected chi connectivity index (χ0v) is 15.3. The van der Waals surface area contributed by atoms with Gasteiger partial charge in [-0.3, -0.25) is 9.59 Å². The zero-order valence-electron chi connectivity index (χ0n) is 14.5. The fourth-order valence-electron chi connectivity index (χ4n) is 2.94. The lowest BCUT2D eigenvalue weighted by molar-refractivity contribution is -0.127. The number of likely N-dealkylation sites (tertiary alicyclic amines) is 1. The molecule has 0 unspecified atom stereocenters. The lowest BCUT2D eigenvalue weighted by atomic mass is 10.0. The first-order chi connectivity index (χ1) is 12.6. The highest BCUT2D eigenvalue weighted by atomic mass is 32.1. The highest BCUT2D eigenvalue weighted by Gasteiger charge is 2.19. The largest absolute Gasteiger partial charge is 0.465 e. The number of amides is 2. The monoisotopic (exact) mass is 372 g/mol. The van der Waals surface area contributed by atoms with Crippen molar-refractivity contribution in [2.45, 2.75) is 12.8 Å². The van der Waals surface area contributed by atoms with E-state index >= 15 is 0 Å². The second-order valence-corrected chi connectivity index (χ2v) is 6.89. The summed E-state index contributed by atoms with van der Waals surface area (Å²) in [5.41, 5.74) is 2.18. The van der Waals surface area contributed by atoms with Crippen LogP contribution in [0.15, 0.2) is 35.7 Å². The van der Waals surface area contributed by atoms with E-state index in [9.17, 15) is 14.4 Å². The van der Waals surface area contributed by atoms with Gasteiger partial charge in [-0.15, -0.1) is 11.3 Å². The molecule has 2 aromatic rings. The Morgan fingerprint density at radius 1 is 1.23 bits per heavy atom. The number of nitrogens with one attached hydrogen (secondary N) is 1. The molecule has 1 aromatic heterocycles. The van der Waals surface area contributed by atoms with Gasteiger partial charge >= 0.3 is 5.97 Å². The van der Waals surface area contributed by atoms with Gasteiger partial charge in [0.15, 0.2) is 0 Å². The van der Waals surface area contributed by atoms with Gasteiger partial charge in [-0.25, -0.2) is 4.79 Å². The third-order valence-electron chi connectivity index (χ3n) is 4.33. The number of hydrogen-bond donors (Lipinski definition) is 1. The van der Waals surface area contributed by atoms with Crippen LogP contribution in [0.3, 0.4) is 0 Å². The van der Waals surface area contributed by atoms with Crippen LogP contribution in [0, 0.1) is 0 Å². The van der Waals surface area contributed by atoms with E-state index in [0.717, 1.165) is 24.1 Å². The molecule has 2 amide bonds. The minimum atomic E-state index is -0.367. The molecule has 0 bridgehead atoms. The maximum atomic E-state index is 12.2. The SMILES string of the molecule is COC(=O)c1sccc1-c1ccc(C(=O)NCCN2CCCC2=O)cc1. The summed E-state index contributed by atoms with van der Waals surface area (Å²) >= 11 is 1.32. The second-order valence-electron chi connectivity index (χ2n) is 5.97. The van der Waals surface area contributed by atoms with Crippen LogP contribution < -0.4 is 5.32 Å². The number of carbonyl (C=O) groups excluding carboxylic acids is 3. The van der Waals surface area contributed by atoms with Gasteiger partial charge in [-0.05, 0) is 35.6 Å². The number of esters is 1. The normalized spacial score (nSPS) is 13.7. The molecule has 6 nitrogen and oxygen atoms in total. The van der Waals surface area contributed by atoms with E-state index in [-0.39, 0.29) is 17.8 Å². The molecule has 1 saturated heterocycles. The summed E-state index contributed by atoms with van der Waals surface area (Å²) in [5.74, 6) is -0.393. The van der Waals surface area contributed by atoms with Crippen LogP contribution in [0.4, 0.5) is 0 Å². The molecular weight excluding hydrogens is 352 g/mol. The van der Waals surface area contributed by atoms with Crippen molar-refractivity contribution in [1.29, 1.82) is 0 Å². The van der Waals surface area contributed by atoms with Crippen LogP contribution in [0.1, 0.15) is 32.9 Å². The first-order valence-corrected chi connectivity index (χ1v) is 9.30. The van der Waals surface area contributed by atoms with Crippen molar-refractivity contribution in [3.8, 4) is 11.1 Å². The van der Waals surface area contributed by atoms with Gasteiger partial charge in [-0.2, -0.15) is 0 Å². The van der Waals surface area contributed by atoms with Crippen LogP contribution in [0.5, 0.6) is 0 Å². The predicted molar refractivity (Wildman–Crippen MR) is 99.2 cm³/mol.